The van der Waals surface area contributed by atoms with Gasteiger partial charge in [-0.2, -0.15) is 13.2 Å². The average Bonchev–Trinajstić information content (AvgIpc) is 2.74. The third kappa shape index (κ3) is 5.31. The molecule has 1 N–H and O–H groups in total. The van der Waals surface area contributed by atoms with Crippen LogP contribution < -0.4 is 9.46 Å². The van der Waals surface area contributed by atoms with Crippen LogP contribution in [0, 0.1) is 0 Å². The van der Waals surface area contributed by atoms with Crippen molar-refractivity contribution in [1.82, 2.24) is 9.62 Å². The minimum absolute atomic E-state index is 0.0825. The number of rotatable bonds is 7. The van der Waals surface area contributed by atoms with Crippen molar-refractivity contribution in [2.45, 2.75) is 17.1 Å². The van der Waals surface area contributed by atoms with Gasteiger partial charge in [-0.3, -0.25) is 4.90 Å². The van der Waals surface area contributed by atoms with Crippen LogP contribution in [-0.2, 0) is 20.9 Å². The number of sulfonamides is 1. The molecule has 6 nitrogen and oxygen atoms in total. The normalized spacial score (nSPS) is 16.9. The van der Waals surface area contributed by atoms with Crippen LogP contribution in [0.2, 0.25) is 0 Å². The van der Waals surface area contributed by atoms with Gasteiger partial charge in [-0.1, -0.05) is 24.3 Å². The van der Waals surface area contributed by atoms with E-state index in [1.54, 1.807) is 19.2 Å². The molecular formula is C20H23F3N2O4S. The molecule has 2 aromatic carbocycles. The van der Waals surface area contributed by atoms with E-state index < -0.39 is 26.7 Å². The fraction of sp³-hybridized carbons (Fsp3) is 0.400. The van der Waals surface area contributed by atoms with Crippen molar-refractivity contribution in [3.63, 3.8) is 0 Å². The maximum Gasteiger partial charge on any atom is 0.417 e. The van der Waals surface area contributed by atoms with Crippen LogP contribution in [0.15, 0.2) is 53.4 Å². The summed E-state index contributed by atoms with van der Waals surface area (Å²) in [5, 5.41) is 0. The first-order valence-electron chi connectivity index (χ1n) is 9.34. The van der Waals surface area contributed by atoms with Gasteiger partial charge in [-0.05, 0) is 29.8 Å². The lowest BCUT2D eigenvalue weighted by Crippen LogP contribution is -2.44. The summed E-state index contributed by atoms with van der Waals surface area (Å²) < 4.78 is 78.2. The minimum atomic E-state index is -4.77. The molecule has 1 atom stereocenters. The fourth-order valence-electron chi connectivity index (χ4n) is 3.37. The van der Waals surface area contributed by atoms with Crippen LogP contribution in [-0.4, -0.2) is 53.3 Å². The topological polar surface area (TPSA) is 67.9 Å². The highest BCUT2D eigenvalue weighted by atomic mass is 32.2. The smallest absolute Gasteiger partial charge is 0.417 e. The van der Waals surface area contributed by atoms with E-state index in [1.165, 1.54) is 6.07 Å². The Labute approximate surface area is 173 Å². The highest BCUT2D eigenvalue weighted by Crippen LogP contribution is 2.34. The van der Waals surface area contributed by atoms with E-state index in [-0.39, 0.29) is 12.6 Å². The largest absolute Gasteiger partial charge is 0.497 e. The molecule has 1 saturated heterocycles. The summed E-state index contributed by atoms with van der Waals surface area (Å²) in [4.78, 5) is 1.26. The quantitative estimate of drug-likeness (QED) is 0.711. The van der Waals surface area contributed by atoms with Gasteiger partial charge in [0.2, 0.25) is 10.0 Å². The van der Waals surface area contributed by atoms with Crippen LogP contribution in [0.3, 0.4) is 0 Å². The number of ether oxygens (including phenoxy) is 2. The molecular weight excluding hydrogens is 421 g/mol. The van der Waals surface area contributed by atoms with Crippen LogP contribution in [0.4, 0.5) is 13.2 Å². The number of nitrogens with zero attached hydrogens (tertiary/aromatic N) is 1. The van der Waals surface area contributed by atoms with E-state index in [0.717, 1.165) is 23.8 Å². The van der Waals surface area contributed by atoms with Gasteiger partial charge in [-0.15, -0.1) is 0 Å². The van der Waals surface area contributed by atoms with E-state index in [1.807, 2.05) is 17.0 Å². The van der Waals surface area contributed by atoms with Crippen molar-refractivity contribution in [2.75, 3.05) is 40.0 Å². The van der Waals surface area contributed by atoms with Gasteiger partial charge in [-0.25, -0.2) is 13.1 Å². The van der Waals surface area contributed by atoms with Gasteiger partial charge in [0, 0.05) is 25.7 Å². The molecule has 0 aromatic heterocycles. The van der Waals surface area contributed by atoms with E-state index in [0.29, 0.717) is 32.1 Å². The second kappa shape index (κ2) is 9.34. The van der Waals surface area contributed by atoms with Gasteiger partial charge in [0.25, 0.3) is 0 Å². The minimum Gasteiger partial charge on any atom is -0.497 e. The van der Waals surface area contributed by atoms with Crippen molar-refractivity contribution in [3.8, 4) is 5.75 Å². The van der Waals surface area contributed by atoms with Crippen molar-refractivity contribution in [2.24, 2.45) is 0 Å². The van der Waals surface area contributed by atoms with Crippen molar-refractivity contribution < 1.29 is 31.1 Å². The highest BCUT2D eigenvalue weighted by molar-refractivity contribution is 7.89. The number of halogens is 3. The molecule has 1 unspecified atom stereocenters. The first kappa shape index (κ1) is 22.5. The molecule has 30 heavy (non-hydrogen) atoms. The molecule has 10 heteroatoms. The zero-order valence-corrected chi connectivity index (χ0v) is 17.2. The fourth-order valence-corrected chi connectivity index (χ4v) is 4.64. The molecule has 0 radical (unpaired) electrons. The molecule has 1 heterocycles. The predicted octanol–water partition coefficient (Wildman–Crippen LogP) is 3.07. The molecule has 1 aliphatic rings. The van der Waals surface area contributed by atoms with Gasteiger partial charge < -0.3 is 9.47 Å². The number of benzene rings is 2. The Balaban J connectivity index is 1.86. The molecule has 3 rings (SSSR count). The first-order chi connectivity index (χ1) is 14.2. The summed E-state index contributed by atoms with van der Waals surface area (Å²) in [7, 11) is -2.84. The van der Waals surface area contributed by atoms with Gasteiger partial charge >= 0.3 is 6.18 Å². The Morgan fingerprint density at radius 1 is 1.10 bits per heavy atom. The van der Waals surface area contributed by atoms with Crippen LogP contribution in [0.5, 0.6) is 5.75 Å². The molecule has 0 amide bonds. The predicted molar refractivity (Wildman–Crippen MR) is 105 cm³/mol. The maximum absolute atomic E-state index is 13.3. The standard InChI is InChI=1S/C20H23F3N2O4S/c1-28-16-8-6-15(7-9-16)18(25-10-12-29-13-11-25)14-24-30(26,27)19-5-3-2-4-17(19)20(21,22)23/h2-9,18,24H,10-14H2,1H3. The van der Waals surface area contributed by atoms with E-state index in [4.69, 9.17) is 9.47 Å². The van der Waals surface area contributed by atoms with E-state index in [2.05, 4.69) is 4.72 Å². The summed E-state index contributed by atoms with van der Waals surface area (Å²) in [6, 6.07) is 10.9. The molecule has 1 fully saturated rings. The number of hydrogen-bond donors (Lipinski definition) is 1. The number of hydrogen-bond acceptors (Lipinski definition) is 5. The van der Waals surface area contributed by atoms with Crippen molar-refractivity contribution in [1.29, 1.82) is 0 Å². The molecule has 0 spiro atoms. The molecule has 1 aliphatic heterocycles. The van der Waals surface area contributed by atoms with E-state index in [9.17, 15) is 21.6 Å². The molecule has 2 aromatic rings. The lowest BCUT2D eigenvalue weighted by Gasteiger charge is -2.35. The summed E-state index contributed by atoms with van der Waals surface area (Å²) in [6.07, 6.45) is -4.77. The molecule has 0 aliphatic carbocycles. The third-order valence-corrected chi connectivity index (χ3v) is 6.42. The number of nitrogens with one attached hydrogen (secondary N) is 1. The third-order valence-electron chi connectivity index (χ3n) is 4.94. The Morgan fingerprint density at radius 2 is 1.73 bits per heavy atom. The first-order valence-corrected chi connectivity index (χ1v) is 10.8. The monoisotopic (exact) mass is 444 g/mol. The summed E-state index contributed by atoms with van der Waals surface area (Å²) in [5.74, 6) is 0.652. The van der Waals surface area contributed by atoms with Crippen molar-refractivity contribution >= 4 is 10.0 Å². The summed E-state index contributed by atoms with van der Waals surface area (Å²) in [5.41, 5.74) is -0.366. The summed E-state index contributed by atoms with van der Waals surface area (Å²) >= 11 is 0. The number of methoxy groups -OCH3 is 1. The van der Waals surface area contributed by atoms with Gasteiger partial charge in [0.1, 0.15) is 5.75 Å². The van der Waals surface area contributed by atoms with E-state index >= 15 is 0 Å². The Hall–Kier alpha value is -2.14. The second-order valence-corrected chi connectivity index (χ2v) is 8.52. The Morgan fingerprint density at radius 3 is 2.33 bits per heavy atom. The summed E-state index contributed by atoms with van der Waals surface area (Å²) in [6.45, 7) is 2.07. The SMILES string of the molecule is COc1ccc(C(CNS(=O)(=O)c2ccccc2C(F)(F)F)N2CCOCC2)cc1. The Kier molecular flexibility index (Phi) is 7.02. The Bertz CT molecular complexity index is 943. The molecule has 164 valence electrons. The zero-order valence-electron chi connectivity index (χ0n) is 16.4. The van der Waals surface area contributed by atoms with Crippen LogP contribution in [0.25, 0.3) is 0 Å². The highest BCUT2D eigenvalue weighted by Gasteiger charge is 2.37. The lowest BCUT2D eigenvalue weighted by atomic mass is 10.0. The van der Waals surface area contributed by atoms with Crippen LogP contribution >= 0.6 is 0 Å². The van der Waals surface area contributed by atoms with Gasteiger partial charge in [0.15, 0.2) is 0 Å². The van der Waals surface area contributed by atoms with Crippen LogP contribution in [0.1, 0.15) is 17.2 Å². The number of alkyl halides is 3. The molecule has 0 saturated carbocycles. The number of morpholine rings is 1. The second-order valence-electron chi connectivity index (χ2n) is 6.78. The maximum atomic E-state index is 13.3. The average molecular weight is 444 g/mol. The lowest BCUT2D eigenvalue weighted by molar-refractivity contribution is -0.139. The van der Waals surface area contributed by atoms with Crippen molar-refractivity contribution in [3.05, 3.63) is 59.7 Å². The molecule has 0 bridgehead atoms. The zero-order chi connectivity index (χ0) is 21.8. The van der Waals surface area contributed by atoms with Gasteiger partial charge in [0.05, 0.1) is 30.8 Å².